The van der Waals surface area contributed by atoms with Crippen molar-refractivity contribution in [2.24, 2.45) is 0 Å². The fourth-order valence-electron chi connectivity index (χ4n) is 3.71. The Bertz CT molecular complexity index is 1510. The van der Waals surface area contributed by atoms with Crippen molar-refractivity contribution in [2.45, 2.75) is 6.92 Å². The summed E-state index contributed by atoms with van der Waals surface area (Å²) in [5.74, 6) is 0. The van der Waals surface area contributed by atoms with Gasteiger partial charge in [-0.2, -0.15) is 5.10 Å². The first-order chi connectivity index (χ1) is 14.8. The number of fused-ring (bicyclic) bond motifs is 2. The lowest BCUT2D eigenvalue weighted by Gasteiger charge is -2.03. The van der Waals surface area contributed by atoms with Gasteiger partial charge in [-0.25, -0.2) is 9.97 Å². The quantitative estimate of drug-likeness (QED) is 0.473. The fraction of sp³-hybridized carbons (Fsp3) is 0.0455. The van der Waals surface area contributed by atoms with Crippen LogP contribution in [0.1, 0.15) is 5.69 Å². The van der Waals surface area contributed by atoms with Crippen LogP contribution >= 0.6 is 0 Å². The molecule has 2 N–H and O–H groups in total. The Morgan fingerprint density at radius 1 is 0.967 bits per heavy atom. The number of pyridine rings is 1. The Balaban J connectivity index is 1.52. The van der Waals surface area contributed by atoms with E-state index in [4.69, 9.17) is 4.98 Å². The Kier molecular flexibility index (Phi) is 3.51. The van der Waals surface area contributed by atoms with Gasteiger partial charge in [0, 0.05) is 29.5 Å². The van der Waals surface area contributed by atoms with Crippen LogP contribution in [0, 0.1) is 6.92 Å². The van der Waals surface area contributed by atoms with Crippen LogP contribution in [0.3, 0.4) is 0 Å². The van der Waals surface area contributed by atoms with Gasteiger partial charge in [-0.15, -0.1) is 0 Å². The van der Waals surface area contributed by atoms with Crippen LogP contribution in [0.2, 0.25) is 0 Å². The molecular weight excluding hydrogens is 376 g/mol. The molecule has 8 nitrogen and oxygen atoms in total. The van der Waals surface area contributed by atoms with E-state index in [-0.39, 0.29) is 0 Å². The molecule has 6 rings (SSSR count). The number of hydrogen-bond acceptors (Lipinski definition) is 5. The molecule has 0 unspecified atom stereocenters. The summed E-state index contributed by atoms with van der Waals surface area (Å²) in [6.45, 7) is 1.98. The van der Waals surface area contributed by atoms with E-state index in [0.717, 1.165) is 56.1 Å². The molecule has 0 saturated carbocycles. The number of benzene rings is 1. The number of H-pyrrole nitrogens is 2. The zero-order chi connectivity index (χ0) is 20.1. The topological polar surface area (TPSA) is 101 Å². The van der Waals surface area contributed by atoms with Gasteiger partial charge in [0.25, 0.3) is 0 Å². The molecular formula is C22H16N8. The van der Waals surface area contributed by atoms with Gasteiger partial charge in [-0.3, -0.25) is 15.1 Å². The standard InChI is InChI=1S/C22H16N8/c1-13-11-30(12-25-13)20-4-2-3-15-14(20)9-18(26-15)22-21-17(28-29-22)6-5-16(27-21)19-10-23-7-8-24-19/h2-12,26H,1H3,(H,28,29). The maximum Gasteiger partial charge on any atom is 0.135 e. The van der Waals surface area contributed by atoms with E-state index < -0.39 is 0 Å². The van der Waals surface area contributed by atoms with Gasteiger partial charge in [0.15, 0.2) is 0 Å². The van der Waals surface area contributed by atoms with Crippen LogP contribution in [-0.2, 0) is 0 Å². The zero-order valence-corrected chi connectivity index (χ0v) is 16.0. The highest BCUT2D eigenvalue weighted by atomic mass is 15.1. The summed E-state index contributed by atoms with van der Waals surface area (Å²) in [5, 5.41) is 8.69. The number of aromatic amines is 2. The van der Waals surface area contributed by atoms with Crippen LogP contribution in [-0.4, -0.2) is 39.7 Å². The second-order valence-electron chi connectivity index (χ2n) is 7.10. The minimum Gasteiger partial charge on any atom is -0.353 e. The number of aryl methyl sites for hydroxylation is 1. The van der Waals surface area contributed by atoms with E-state index in [1.54, 1.807) is 18.6 Å². The molecule has 5 heterocycles. The summed E-state index contributed by atoms with van der Waals surface area (Å²) >= 11 is 0. The van der Waals surface area contributed by atoms with Crippen LogP contribution < -0.4 is 0 Å². The zero-order valence-electron chi connectivity index (χ0n) is 16.0. The van der Waals surface area contributed by atoms with Crippen molar-refractivity contribution in [3.63, 3.8) is 0 Å². The molecule has 0 spiro atoms. The summed E-state index contributed by atoms with van der Waals surface area (Å²) in [6, 6.07) is 12.1. The molecule has 0 radical (unpaired) electrons. The second-order valence-corrected chi connectivity index (χ2v) is 7.10. The molecule has 144 valence electrons. The van der Waals surface area contributed by atoms with Gasteiger partial charge in [-0.1, -0.05) is 6.07 Å². The molecule has 30 heavy (non-hydrogen) atoms. The van der Waals surface area contributed by atoms with Crippen molar-refractivity contribution in [3.05, 3.63) is 73.2 Å². The van der Waals surface area contributed by atoms with Crippen LogP contribution in [0.5, 0.6) is 0 Å². The van der Waals surface area contributed by atoms with E-state index in [0.29, 0.717) is 0 Å². The van der Waals surface area contributed by atoms with E-state index in [2.05, 4.69) is 48.3 Å². The predicted molar refractivity (Wildman–Crippen MR) is 114 cm³/mol. The molecule has 0 aliphatic heterocycles. The first-order valence-electron chi connectivity index (χ1n) is 9.51. The molecule has 8 heteroatoms. The number of hydrogen-bond donors (Lipinski definition) is 2. The van der Waals surface area contributed by atoms with Crippen molar-refractivity contribution in [2.75, 3.05) is 0 Å². The van der Waals surface area contributed by atoms with Gasteiger partial charge in [0.1, 0.15) is 16.9 Å². The van der Waals surface area contributed by atoms with E-state index >= 15 is 0 Å². The Hall–Kier alpha value is -4.33. The Morgan fingerprint density at radius 3 is 2.77 bits per heavy atom. The minimum absolute atomic E-state index is 0.723. The molecule has 0 fully saturated rings. The van der Waals surface area contributed by atoms with Crippen LogP contribution in [0.15, 0.2) is 67.5 Å². The highest BCUT2D eigenvalue weighted by molar-refractivity contribution is 5.97. The molecule has 0 atom stereocenters. The van der Waals surface area contributed by atoms with Crippen molar-refractivity contribution >= 4 is 21.9 Å². The Morgan fingerprint density at radius 2 is 1.93 bits per heavy atom. The summed E-state index contributed by atoms with van der Waals surface area (Å²) < 4.78 is 2.03. The maximum absolute atomic E-state index is 4.80. The van der Waals surface area contributed by atoms with Gasteiger partial charge >= 0.3 is 0 Å². The number of nitrogens with one attached hydrogen (secondary N) is 2. The fourth-order valence-corrected chi connectivity index (χ4v) is 3.71. The largest absolute Gasteiger partial charge is 0.353 e. The number of imidazole rings is 1. The maximum atomic E-state index is 4.80. The van der Waals surface area contributed by atoms with Crippen LogP contribution in [0.4, 0.5) is 0 Å². The normalized spacial score (nSPS) is 11.5. The molecule has 0 aliphatic carbocycles. The van der Waals surface area contributed by atoms with Crippen molar-refractivity contribution < 1.29 is 0 Å². The molecule has 0 saturated heterocycles. The van der Waals surface area contributed by atoms with Gasteiger partial charge in [-0.05, 0) is 37.3 Å². The average molecular weight is 392 g/mol. The SMILES string of the molecule is Cc1cn(-c2cccc3[nH]c(-c4n[nH]c5ccc(-c6cnccn6)nc45)cc23)cn1. The molecule has 0 aliphatic rings. The average Bonchev–Trinajstić information content (AvgIpc) is 3.51. The molecule has 6 aromatic rings. The first-order valence-corrected chi connectivity index (χ1v) is 9.51. The molecule has 0 amide bonds. The number of rotatable bonds is 3. The predicted octanol–water partition coefficient (Wildman–Crippen LogP) is 4.06. The summed E-state index contributed by atoms with van der Waals surface area (Å²) in [4.78, 5) is 21.1. The highest BCUT2D eigenvalue weighted by Gasteiger charge is 2.15. The summed E-state index contributed by atoms with van der Waals surface area (Å²) in [7, 11) is 0. The van der Waals surface area contributed by atoms with E-state index in [1.165, 1.54) is 0 Å². The third kappa shape index (κ3) is 2.58. The number of nitrogens with zero attached hydrogens (tertiary/aromatic N) is 6. The third-order valence-corrected chi connectivity index (χ3v) is 5.12. The molecule has 5 aromatic heterocycles. The van der Waals surface area contributed by atoms with E-state index in [9.17, 15) is 0 Å². The lowest BCUT2D eigenvalue weighted by atomic mass is 10.2. The van der Waals surface area contributed by atoms with Gasteiger partial charge < -0.3 is 9.55 Å². The van der Waals surface area contributed by atoms with Crippen LogP contribution in [0.25, 0.3) is 50.4 Å². The summed E-state index contributed by atoms with van der Waals surface area (Å²) in [5.41, 5.74) is 7.83. The lowest BCUT2D eigenvalue weighted by molar-refractivity contribution is 1.07. The van der Waals surface area contributed by atoms with Gasteiger partial charge in [0.05, 0.1) is 40.8 Å². The smallest absolute Gasteiger partial charge is 0.135 e. The monoisotopic (exact) mass is 392 g/mol. The molecule has 0 bridgehead atoms. The second kappa shape index (κ2) is 6.35. The molecule has 1 aromatic carbocycles. The van der Waals surface area contributed by atoms with E-state index in [1.807, 2.05) is 42.2 Å². The van der Waals surface area contributed by atoms with Crippen molar-refractivity contribution in [1.29, 1.82) is 0 Å². The number of aromatic nitrogens is 8. The first kappa shape index (κ1) is 16.6. The van der Waals surface area contributed by atoms with Crippen molar-refractivity contribution in [1.82, 2.24) is 39.7 Å². The third-order valence-electron chi connectivity index (χ3n) is 5.12. The Labute approximate surface area is 170 Å². The lowest BCUT2D eigenvalue weighted by Crippen LogP contribution is -1.89. The van der Waals surface area contributed by atoms with Gasteiger partial charge in [0.2, 0.25) is 0 Å². The van der Waals surface area contributed by atoms with Crippen molar-refractivity contribution in [3.8, 4) is 28.5 Å². The summed E-state index contributed by atoms with van der Waals surface area (Å²) in [6.07, 6.45) is 8.86. The highest BCUT2D eigenvalue weighted by Crippen LogP contribution is 2.31. The minimum atomic E-state index is 0.723.